The van der Waals surface area contributed by atoms with Crippen LogP contribution in [0.5, 0.6) is 0 Å². The lowest BCUT2D eigenvalue weighted by Crippen LogP contribution is -2.30. The lowest BCUT2D eigenvalue weighted by molar-refractivity contribution is 0.0123. The maximum Gasteiger partial charge on any atom is 0.244 e. The predicted octanol–water partition coefficient (Wildman–Crippen LogP) is 0.901. The smallest absolute Gasteiger partial charge is 0.244 e. The number of rotatable bonds is 5. The van der Waals surface area contributed by atoms with Crippen LogP contribution in [-0.2, 0) is 14.8 Å². The number of hydrogen-bond acceptors (Lipinski definition) is 5. The standard InChI is InChI=1S/C12H19N3O3S/c13-12-11(5-3-7-14-12)19(16,17)15-8-6-10-4-1-2-9-18-10/h3,5,7,10,15H,1-2,4,6,8-9H2,(H2,13,14). The molecule has 19 heavy (non-hydrogen) atoms. The minimum absolute atomic E-state index is 0.0175. The summed E-state index contributed by atoms with van der Waals surface area (Å²) in [4.78, 5) is 3.80. The fraction of sp³-hybridized carbons (Fsp3) is 0.583. The molecule has 7 heteroatoms. The zero-order valence-corrected chi connectivity index (χ0v) is 11.5. The van der Waals surface area contributed by atoms with E-state index in [0.29, 0.717) is 13.0 Å². The second-order valence-corrected chi connectivity index (χ2v) is 6.30. The quantitative estimate of drug-likeness (QED) is 0.838. The average Bonchev–Trinajstić information content (AvgIpc) is 2.40. The highest BCUT2D eigenvalue weighted by molar-refractivity contribution is 7.89. The van der Waals surface area contributed by atoms with E-state index in [-0.39, 0.29) is 16.8 Å². The lowest BCUT2D eigenvalue weighted by Gasteiger charge is -2.22. The summed E-state index contributed by atoms with van der Waals surface area (Å²) in [7, 11) is -3.58. The van der Waals surface area contributed by atoms with E-state index >= 15 is 0 Å². The molecule has 0 aliphatic carbocycles. The van der Waals surface area contributed by atoms with Crippen LogP contribution in [0.1, 0.15) is 25.7 Å². The van der Waals surface area contributed by atoms with E-state index in [0.717, 1.165) is 25.9 Å². The Morgan fingerprint density at radius 1 is 1.47 bits per heavy atom. The number of nitrogens with zero attached hydrogens (tertiary/aromatic N) is 1. The van der Waals surface area contributed by atoms with Crippen molar-refractivity contribution in [2.75, 3.05) is 18.9 Å². The molecule has 1 fully saturated rings. The van der Waals surface area contributed by atoms with Crippen molar-refractivity contribution in [2.45, 2.75) is 36.7 Å². The highest BCUT2D eigenvalue weighted by atomic mass is 32.2. The molecule has 106 valence electrons. The topological polar surface area (TPSA) is 94.3 Å². The number of anilines is 1. The Kier molecular flexibility index (Phi) is 4.73. The second kappa shape index (κ2) is 6.31. The van der Waals surface area contributed by atoms with Gasteiger partial charge in [0.25, 0.3) is 0 Å². The first kappa shape index (κ1) is 14.2. The largest absolute Gasteiger partial charge is 0.383 e. The van der Waals surface area contributed by atoms with E-state index in [1.807, 2.05) is 0 Å². The van der Waals surface area contributed by atoms with Crippen LogP contribution >= 0.6 is 0 Å². The molecule has 1 unspecified atom stereocenters. The molecule has 2 heterocycles. The third-order valence-electron chi connectivity index (χ3n) is 3.12. The maximum absolute atomic E-state index is 12.0. The minimum atomic E-state index is -3.58. The summed E-state index contributed by atoms with van der Waals surface area (Å²) < 4.78 is 32.1. The maximum atomic E-state index is 12.0. The molecule has 6 nitrogen and oxygen atoms in total. The predicted molar refractivity (Wildman–Crippen MR) is 72.0 cm³/mol. The highest BCUT2D eigenvalue weighted by Crippen LogP contribution is 2.17. The number of nitrogens with two attached hydrogens (primary N) is 1. The van der Waals surface area contributed by atoms with Crippen molar-refractivity contribution in [1.82, 2.24) is 9.71 Å². The summed E-state index contributed by atoms with van der Waals surface area (Å²) in [5.41, 5.74) is 5.57. The molecule has 0 spiro atoms. The van der Waals surface area contributed by atoms with Gasteiger partial charge in [0.1, 0.15) is 10.7 Å². The van der Waals surface area contributed by atoms with Crippen molar-refractivity contribution in [3.8, 4) is 0 Å². The third-order valence-corrected chi connectivity index (χ3v) is 4.63. The number of hydrogen-bond donors (Lipinski definition) is 2. The van der Waals surface area contributed by atoms with Crippen LogP contribution in [-0.4, -0.2) is 32.7 Å². The zero-order valence-electron chi connectivity index (χ0n) is 10.7. The molecule has 1 aromatic rings. The Morgan fingerprint density at radius 2 is 2.32 bits per heavy atom. The molecule has 3 N–H and O–H groups in total. The number of nitrogen functional groups attached to an aromatic ring is 1. The Morgan fingerprint density at radius 3 is 3.00 bits per heavy atom. The molecule has 1 aromatic heterocycles. The van der Waals surface area contributed by atoms with Crippen molar-refractivity contribution >= 4 is 15.8 Å². The monoisotopic (exact) mass is 285 g/mol. The first-order chi connectivity index (χ1) is 9.09. The van der Waals surface area contributed by atoms with Gasteiger partial charge in [-0.3, -0.25) is 0 Å². The molecule has 2 rings (SSSR count). The van der Waals surface area contributed by atoms with Gasteiger partial charge in [0.05, 0.1) is 6.10 Å². The van der Waals surface area contributed by atoms with Gasteiger partial charge in [-0.25, -0.2) is 18.1 Å². The first-order valence-electron chi connectivity index (χ1n) is 6.41. The van der Waals surface area contributed by atoms with Gasteiger partial charge in [0.2, 0.25) is 10.0 Å². The molecule has 0 bridgehead atoms. The highest BCUT2D eigenvalue weighted by Gasteiger charge is 2.19. The summed E-state index contributed by atoms with van der Waals surface area (Å²) in [5, 5.41) is 0. The van der Waals surface area contributed by atoms with Crippen molar-refractivity contribution < 1.29 is 13.2 Å². The summed E-state index contributed by atoms with van der Waals surface area (Å²) >= 11 is 0. The van der Waals surface area contributed by atoms with Crippen LogP contribution in [0, 0.1) is 0 Å². The fourth-order valence-electron chi connectivity index (χ4n) is 2.10. The van der Waals surface area contributed by atoms with E-state index in [1.165, 1.54) is 12.3 Å². The van der Waals surface area contributed by atoms with Crippen LogP contribution in [0.4, 0.5) is 5.82 Å². The van der Waals surface area contributed by atoms with Crippen LogP contribution in [0.15, 0.2) is 23.2 Å². The van der Waals surface area contributed by atoms with Crippen molar-refractivity contribution in [2.24, 2.45) is 0 Å². The zero-order chi connectivity index (χ0) is 13.7. The Bertz CT molecular complexity index is 513. The first-order valence-corrected chi connectivity index (χ1v) is 7.89. The van der Waals surface area contributed by atoms with Gasteiger partial charge in [-0.1, -0.05) is 0 Å². The van der Waals surface area contributed by atoms with E-state index in [9.17, 15) is 8.42 Å². The molecule has 1 aliphatic heterocycles. The SMILES string of the molecule is Nc1ncccc1S(=O)(=O)NCCC1CCCCO1. The molecule has 0 radical (unpaired) electrons. The van der Waals surface area contributed by atoms with Gasteiger partial charge in [0, 0.05) is 19.3 Å². The molecule has 1 saturated heterocycles. The van der Waals surface area contributed by atoms with Gasteiger partial charge in [-0.15, -0.1) is 0 Å². The van der Waals surface area contributed by atoms with Crippen molar-refractivity contribution in [3.05, 3.63) is 18.3 Å². The third kappa shape index (κ3) is 3.89. The summed E-state index contributed by atoms with van der Waals surface area (Å²) in [5.74, 6) is 0.0175. The van der Waals surface area contributed by atoms with E-state index in [2.05, 4.69) is 9.71 Å². The molecule has 0 saturated carbocycles. The average molecular weight is 285 g/mol. The lowest BCUT2D eigenvalue weighted by atomic mass is 10.1. The number of ether oxygens (including phenoxy) is 1. The normalized spacial score (nSPS) is 20.3. The molecule has 0 amide bonds. The molecular weight excluding hydrogens is 266 g/mol. The molecular formula is C12H19N3O3S. The second-order valence-electron chi connectivity index (χ2n) is 4.56. The van der Waals surface area contributed by atoms with E-state index < -0.39 is 10.0 Å². The van der Waals surface area contributed by atoms with E-state index in [1.54, 1.807) is 6.07 Å². The molecule has 0 aromatic carbocycles. The Balaban J connectivity index is 1.89. The minimum Gasteiger partial charge on any atom is -0.383 e. The van der Waals surface area contributed by atoms with Crippen LogP contribution in [0.2, 0.25) is 0 Å². The fourth-order valence-corrected chi connectivity index (χ4v) is 3.22. The van der Waals surface area contributed by atoms with Crippen molar-refractivity contribution in [1.29, 1.82) is 0 Å². The molecule has 1 aliphatic rings. The number of aromatic nitrogens is 1. The van der Waals surface area contributed by atoms with Crippen LogP contribution in [0.25, 0.3) is 0 Å². The summed E-state index contributed by atoms with van der Waals surface area (Å²) in [6, 6.07) is 3.00. The Labute approximate surface area is 113 Å². The van der Waals surface area contributed by atoms with Crippen molar-refractivity contribution in [3.63, 3.8) is 0 Å². The van der Waals surface area contributed by atoms with E-state index in [4.69, 9.17) is 10.5 Å². The van der Waals surface area contributed by atoms with Crippen LogP contribution < -0.4 is 10.5 Å². The Hall–Kier alpha value is -1.18. The molecule has 1 atom stereocenters. The number of sulfonamides is 1. The summed E-state index contributed by atoms with van der Waals surface area (Å²) in [6.07, 6.45) is 5.53. The van der Waals surface area contributed by atoms with Crippen LogP contribution in [0.3, 0.4) is 0 Å². The summed E-state index contributed by atoms with van der Waals surface area (Å²) in [6.45, 7) is 1.12. The van der Waals surface area contributed by atoms with Gasteiger partial charge < -0.3 is 10.5 Å². The van der Waals surface area contributed by atoms with Gasteiger partial charge in [-0.2, -0.15) is 0 Å². The number of pyridine rings is 1. The van der Waals surface area contributed by atoms with Gasteiger partial charge >= 0.3 is 0 Å². The van der Waals surface area contributed by atoms with Gasteiger partial charge in [0.15, 0.2) is 0 Å². The van der Waals surface area contributed by atoms with Gasteiger partial charge in [-0.05, 0) is 37.8 Å². The number of nitrogens with one attached hydrogen (secondary N) is 1.